The molecule has 2 rings (SSSR count). The molecular formula is C18H21N3O2S. The van der Waals surface area contributed by atoms with Crippen LogP contribution in [0.15, 0.2) is 53.4 Å². The molecule has 0 unspecified atom stereocenters. The minimum Gasteiger partial charge on any atom is -0.355 e. The van der Waals surface area contributed by atoms with Gasteiger partial charge in [-0.15, -0.1) is 11.8 Å². The first-order chi connectivity index (χ1) is 11.5. The first-order valence-electron chi connectivity index (χ1n) is 7.57. The molecule has 3 amide bonds. The summed E-state index contributed by atoms with van der Waals surface area (Å²) in [5.74, 6) is -0.193. The summed E-state index contributed by atoms with van der Waals surface area (Å²) in [5, 5.41) is 8.24. The van der Waals surface area contributed by atoms with Gasteiger partial charge in [0.05, 0.1) is 6.04 Å². The van der Waals surface area contributed by atoms with Crippen molar-refractivity contribution in [3.05, 3.63) is 59.7 Å². The fourth-order valence-corrected chi connectivity index (χ4v) is 3.04. The maximum atomic E-state index is 12.2. The Balaban J connectivity index is 2.04. The first-order valence-corrected chi connectivity index (χ1v) is 8.80. The Morgan fingerprint density at radius 3 is 2.54 bits per heavy atom. The second kappa shape index (κ2) is 8.40. The van der Waals surface area contributed by atoms with Gasteiger partial charge in [-0.3, -0.25) is 4.79 Å². The number of amides is 3. The number of urea groups is 1. The van der Waals surface area contributed by atoms with E-state index in [-0.39, 0.29) is 18.0 Å². The van der Waals surface area contributed by atoms with Crippen molar-refractivity contribution < 1.29 is 9.59 Å². The first kappa shape index (κ1) is 17.9. The van der Waals surface area contributed by atoms with Crippen LogP contribution in [-0.4, -0.2) is 25.2 Å². The molecular weight excluding hydrogens is 322 g/mol. The number of carbonyl (C=O) groups is 2. The van der Waals surface area contributed by atoms with Crippen molar-refractivity contribution in [2.24, 2.45) is 0 Å². The number of nitrogens with one attached hydrogen (secondary N) is 3. The molecule has 0 fully saturated rings. The minimum atomic E-state index is -0.313. The van der Waals surface area contributed by atoms with E-state index in [0.29, 0.717) is 11.3 Å². The molecule has 0 aliphatic heterocycles. The normalized spacial score (nSPS) is 11.5. The monoisotopic (exact) mass is 343 g/mol. The maximum Gasteiger partial charge on any atom is 0.319 e. The van der Waals surface area contributed by atoms with Gasteiger partial charge in [-0.2, -0.15) is 0 Å². The van der Waals surface area contributed by atoms with E-state index in [1.807, 2.05) is 37.4 Å². The van der Waals surface area contributed by atoms with Crippen LogP contribution in [0, 0.1) is 0 Å². The zero-order chi connectivity index (χ0) is 17.5. The maximum absolute atomic E-state index is 12.2. The van der Waals surface area contributed by atoms with Crippen LogP contribution >= 0.6 is 11.8 Å². The summed E-state index contributed by atoms with van der Waals surface area (Å²) in [6.07, 6.45) is 2.01. The van der Waals surface area contributed by atoms with Crippen LogP contribution in [0.1, 0.15) is 28.9 Å². The lowest BCUT2D eigenvalue weighted by Crippen LogP contribution is -2.31. The van der Waals surface area contributed by atoms with Gasteiger partial charge in [-0.25, -0.2) is 4.79 Å². The second-order valence-electron chi connectivity index (χ2n) is 5.22. The van der Waals surface area contributed by atoms with Gasteiger partial charge >= 0.3 is 6.03 Å². The molecule has 0 aliphatic carbocycles. The summed E-state index contributed by atoms with van der Waals surface area (Å²) < 4.78 is 0. The largest absolute Gasteiger partial charge is 0.355 e. The molecule has 6 heteroatoms. The van der Waals surface area contributed by atoms with Crippen molar-refractivity contribution in [1.29, 1.82) is 0 Å². The van der Waals surface area contributed by atoms with Gasteiger partial charge in [-0.05, 0) is 43.0 Å². The zero-order valence-electron chi connectivity index (χ0n) is 13.9. The van der Waals surface area contributed by atoms with Gasteiger partial charge in [-0.1, -0.05) is 24.3 Å². The van der Waals surface area contributed by atoms with E-state index in [1.54, 1.807) is 43.1 Å². The molecule has 0 saturated heterocycles. The average molecular weight is 343 g/mol. The van der Waals surface area contributed by atoms with E-state index in [9.17, 15) is 9.59 Å². The topological polar surface area (TPSA) is 70.2 Å². The molecule has 126 valence electrons. The second-order valence-corrected chi connectivity index (χ2v) is 6.07. The highest BCUT2D eigenvalue weighted by Gasteiger charge is 2.13. The van der Waals surface area contributed by atoms with Gasteiger partial charge < -0.3 is 16.0 Å². The Morgan fingerprint density at radius 2 is 1.83 bits per heavy atom. The van der Waals surface area contributed by atoms with Crippen LogP contribution in [0.25, 0.3) is 0 Å². The van der Waals surface area contributed by atoms with Crippen LogP contribution in [0.4, 0.5) is 10.5 Å². The molecule has 2 aromatic carbocycles. The molecule has 5 nitrogen and oxygen atoms in total. The van der Waals surface area contributed by atoms with E-state index in [1.165, 1.54) is 0 Å². The fraction of sp³-hybridized carbons (Fsp3) is 0.222. The zero-order valence-corrected chi connectivity index (χ0v) is 14.7. The highest BCUT2D eigenvalue weighted by atomic mass is 32.2. The third kappa shape index (κ3) is 4.52. The molecule has 0 heterocycles. The number of anilines is 1. The van der Waals surface area contributed by atoms with Crippen LogP contribution in [-0.2, 0) is 0 Å². The summed E-state index contributed by atoms with van der Waals surface area (Å²) in [6, 6.07) is 14.3. The SMILES string of the molecule is CNC(=O)c1cccc(NC(=O)N[C@H](C)c2ccccc2SC)c1. The molecule has 3 N–H and O–H groups in total. The van der Waals surface area contributed by atoms with Crippen LogP contribution in [0.2, 0.25) is 0 Å². The highest BCUT2D eigenvalue weighted by molar-refractivity contribution is 7.98. The molecule has 0 spiro atoms. The fourth-order valence-electron chi connectivity index (χ4n) is 2.35. The number of hydrogen-bond acceptors (Lipinski definition) is 3. The van der Waals surface area contributed by atoms with Crippen LogP contribution in [0.3, 0.4) is 0 Å². The molecule has 24 heavy (non-hydrogen) atoms. The van der Waals surface area contributed by atoms with E-state index < -0.39 is 0 Å². The standard InChI is InChI=1S/C18H21N3O2S/c1-12(15-9-4-5-10-16(15)24-3)20-18(23)21-14-8-6-7-13(11-14)17(22)19-2/h4-12H,1-3H3,(H,19,22)(H2,20,21,23)/t12-/m1/s1. The Morgan fingerprint density at radius 1 is 1.08 bits per heavy atom. The Hall–Kier alpha value is -2.47. The summed E-state index contributed by atoms with van der Waals surface area (Å²) >= 11 is 1.65. The predicted octanol–water partition coefficient (Wildman–Crippen LogP) is 3.65. The van der Waals surface area contributed by atoms with Gasteiger partial charge in [0.1, 0.15) is 0 Å². The molecule has 0 aromatic heterocycles. The number of rotatable bonds is 5. The third-order valence-corrected chi connectivity index (χ3v) is 4.37. The van der Waals surface area contributed by atoms with Crippen molar-refractivity contribution in [2.75, 3.05) is 18.6 Å². The summed E-state index contributed by atoms with van der Waals surface area (Å²) in [7, 11) is 1.57. The van der Waals surface area contributed by atoms with Crippen molar-refractivity contribution in [1.82, 2.24) is 10.6 Å². The Labute approximate surface area is 146 Å². The lowest BCUT2D eigenvalue weighted by atomic mass is 10.1. The summed E-state index contributed by atoms with van der Waals surface area (Å²) in [4.78, 5) is 25.0. The molecule has 0 saturated carbocycles. The van der Waals surface area contributed by atoms with Crippen molar-refractivity contribution >= 4 is 29.4 Å². The highest BCUT2D eigenvalue weighted by Crippen LogP contribution is 2.25. The van der Waals surface area contributed by atoms with Gasteiger partial charge in [0.25, 0.3) is 5.91 Å². The van der Waals surface area contributed by atoms with Crippen molar-refractivity contribution in [3.63, 3.8) is 0 Å². The minimum absolute atomic E-state index is 0.129. The number of hydrogen-bond donors (Lipinski definition) is 3. The number of thioether (sulfide) groups is 1. The van der Waals surface area contributed by atoms with Gasteiger partial charge in [0, 0.05) is 23.2 Å². The van der Waals surface area contributed by atoms with E-state index in [2.05, 4.69) is 16.0 Å². The van der Waals surface area contributed by atoms with E-state index in [4.69, 9.17) is 0 Å². The molecule has 2 aromatic rings. The number of carbonyl (C=O) groups excluding carboxylic acids is 2. The van der Waals surface area contributed by atoms with E-state index >= 15 is 0 Å². The van der Waals surface area contributed by atoms with Crippen molar-refractivity contribution in [2.45, 2.75) is 17.9 Å². The molecule has 1 atom stereocenters. The predicted molar refractivity (Wildman–Crippen MR) is 98.6 cm³/mol. The van der Waals surface area contributed by atoms with Gasteiger partial charge in [0.15, 0.2) is 0 Å². The molecule has 0 aliphatic rings. The summed E-state index contributed by atoms with van der Waals surface area (Å²) in [6.45, 7) is 1.94. The molecule has 0 bridgehead atoms. The van der Waals surface area contributed by atoms with Crippen LogP contribution in [0.5, 0.6) is 0 Å². The lowest BCUT2D eigenvalue weighted by molar-refractivity contribution is 0.0963. The average Bonchev–Trinajstić information content (AvgIpc) is 2.60. The number of benzene rings is 2. The third-order valence-electron chi connectivity index (χ3n) is 3.56. The quantitative estimate of drug-likeness (QED) is 0.726. The lowest BCUT2D eigenvalue weighted by Gasteiger charge is -2.17. The molecule has 0 radical (unpaired) electrons. The summed E-state index contributed by atoms with van der Waals surface area (Å²) in [5.41, 5.74) is 2.13. The Kier molecular flexibility index (Phi) is 6.26. The van der Waals surface area contributed by atoms with Gasteiger partial charge in [0.2, 0.25) is 0 Å². The smallest absolute Gasteiger partial charge is 0.319 e. The van der Waals surface area contributed by atoms with Crippen LogP contribution < -0.4 is 16.0 Å². The van der Waals surface area contributed by atoms with E-state index in [0.717, 1.165) is 10.5 Å². The Bertz CT molecular complexity index is 734. The van der Waals surface area contributed by atoms with Crippen molar-refractivity contribution in [3.8, 4) is 0 Å².